The van der Waals surface area contributed by atoms with Gasteiger partial charge >= 0.3 is 0 Å². The van der Waals surface area contributed by atoms with Gasteiger partial charge in [0, 0.05) is 45.4 Å². The van der Waals surface area contributed by atoms with E-state index in [-0.39, 0.29) is 56.8 Å². The highest BCUT2D eigenvalue weighted by Crippen LogP contribution is 2.27. The van der Waals surface area contributed by atoms with Crippen molar-refractivity contribution in [3.05, 3.63) is 29.8 Å². The van der Waals surface area contributed by atoms with Gasteiger partial charge in [0.25, 0.3) is 0 Å². The molecule has 1 aromatic carbocycles. The first-order chi connectivity index (χ1) is 36.5. The van der Waals surface area contributed by atoms with Crippen LogP contribution in [0.15, 0.2) is 24.3 Å². The summed E-state index contributed by atoms with van der Waals surface area (Å²) >= 11 is 0. The molecule has 77 heavy (non-hydrogen) atoms. The Morgan fingerprint density at radius 1 is 0.714 bits per heavy atom. The van der Waals surface area contributed by atoms with Gasteiger partial charge in [0.1, 0.15) is 60.4 Å². The van der Waals surface area contributed by atoms with Gasteiger partial charge in [-0.15, -0.1) is 0 Å². The van der Waals surface area contributed by atoms with Crippen molar-refractivity contribution in [2.24, 2.45) is 23.3 Å². The third-order valence-electron chi connectivity index (χ3n) is 14.9. The molecule has 3 aliphatic heterocycles. The fraction of sp³-hybridized carbons (Fsp3) is 0.750. The summed E-state index contributed by atoms with van der Waals surface area (Å²) in [5.74, 6) is -6.43. The minimum atomic E-state index is -2.28. The number of aliphatic hydroxyl groups is 7. The fourth-order valence-corrected chi connectivity index (χ4v) is 10.2. The number of nitrogens with zero attached hydrogens (tertiary/aromatic N) is 2. The number of aromatic hydroxyl groups is 1. The third kappa shape index (κ3) is 18.8. The smallest absolute Gasteiger partial charge is 0.248 e. The predicted octanol–water partition coefficient (Wildman–Crippen LogP) is -3.31. The van der Waals surface area contributed by atoms with Crippen LogP contribution in [0.25, 0.3) is 0 Å². The molecule has 0 spiro atoms. The first-order valence-electron chi connectivity index (χ1n) is 27.3. The number of nitrogens with two attached hydrogens (primary N) is 2. The Hall–Kier alpha value is -5.09. The van der Waals surface area contributed by atoms with E-state index in [1.165, 1.54) is 30.7 Å². The summed E-state index contributed by atoms with van der Waals surface area (Å²) in [6, 6.07) is -6.40. The molecule has 7 amide bonds. The van der Waals surface area contributed by atoms with Crippen LogP contribution in [-0.2, 0) is 33.6 Å². The molecule has 25 nitrogen and oxygen atoms in total. The van der Waals surface area contributed by atoms with Gasteiger partial charge in [0.15, 0.2) is 0 Å². The second-order valence-corrected chi connectivity index (χ2v) is 21.3. The molecule has 16 atom stereocenters. The van der Waals surface area contributed by atoms with E-state index >= 15 is 0 Å². The number of carbonyl (C=O) groups is 7. The van der Waals surface area contributed by atoms with Gasteiger partial charge < -0.3 is 88.7 Å². The molecule has 1 aromatic rings. The van der Waals surface area contributed by atoms with Crippen molar-refractivity contribution in [1.29, 1.82) is 0 Å². The van der Waals surface area contributed by atoms with E-state index in [1.807, 2.05) is 0 Å². The van der Waals surface area contributed by atoms with Crippen molar-refractivity contribution in [2.75, 3.05) is 32.7 Å². The van der Waals surface area contributed by atoms with Gasteiger partial charge in [0.2, 0.25) is 41.4 Å². The second kappa shape index (κ2) is 31.5. The Bertz CT molecular complexity index is 2070. The lowest BCUT2D eigenvalue weighted by Gasteiger charge is -2.35. The maximum Gasteiger partial charge on any atom is 0.248 e. The quantitative estimate of drug-likeness (QED) is 0.0477. The average molecular weight is 1090 g/mol. The molecule has 25 heteroatoms. The maximum absolute atomic E-state index is 14.6. The highest BCUT2D eigenvalue weighted by atomic mass is 16.3. The van der Waals surface area contributed by atoms with E-state index in [0.717, 1.165) is 55.2 Å². The van der Waals surface area contributed by atoms with Gasteiger partial charge in [-0.1, -0.05) is 77.8 Å². The largest absolute Gasteiger partial charge is 0.508 e. The van der Waals surface area contributed by atoms with E-state index in [2.05, 4.69) is 52.7 Å². The Morgan fingerprint density at radius 3 is 1.97 bits per heavy atom. The van der Waals surface area contributed by atoms with Crippen molar-refractivity contribution in [3.63, 3.8) is 0 Å². The molecule has 3 fully saturated rings. The molecule has 0 bridgehead atoms. The van der Waals surface area contributed by atoms with Gasteiger partial charge in [-0.2, -0.15) is 0 Å². The van der Waals surface area contributed by atoms with Gasteiger partial charge in [-0.05, 0) is 68.7 Å². The Kier molecular flexibility index (Phi) is 26.4. The zero-order valence-electron chi connectivity index (χ0n) is 45.0. The highest BCUT2D eigenvalue weighted by molar-refractivity contribution is 5.98. The summed E-state index contributed by atoms with van der Waals surface area (Å²) in [5.41, 5.74) is 11.5. The summed E-state index contributed by atoms with van der Waals surface area (Å²) in [6.45, 7) is 6.73. The van der Waals surface area contributed by atoms with Crippen LogP contribution in [0.2, 0.25) is 0 Å². The number of unbranched alkanes of at least 4 members (excludes halogenated alkanes) is 5. The molecule has 18 N–H and O–H groups in total. The fourth-order valence-electron chi connectivity index (χ4n) is 10.2. The standard InChI is InChI=1S/C52H88N10O15/c1-5-28(2)24-29(3)12-10-8-6-7-9-11-13-39(69)56-34-26-38(68)46(55-22-21-54)60-50(75)43-37(67)19-23-61(43)52(77)41(36(66)18-20-53)58-49(74)42(45(71)44(70)31-14-16-32(64)17-15-31)59-48(73)35-25-33(65)27-62(35)51(76)40(30(4)63)57-47(34)72/h14-17,28-30,33-38,40-46,55,63-68,70-71H,5-13,18-27,53-54H2,1-4H3,(H,56,69)(H,57,72)(H,58,74)(H,59,73)(H,60,75)/t28?,29?,30-,33-,34+,35+,36-,37+,38-,40?,41+,42?,43+,44+,45+,46+/m1/s1. The van der Waals surface area contributed by atoms with Crippen LogP contribution in [-0.4, -0.2) is 204 Å². The van der Waals surface area contributed by atoms with Gasteiger partial charge in [0.05, 0.1) is 30.5 Å². The minimum absolute atomic E-state index is 0.0257. The lowest BCUT2D eigenvalue weighted by atomic mass is 9.91. The van der Waals surface area contributed by atoms with Gasteiger partial charge in [-0.25, -0.2) is 0 Å². The molecule has 0 radical (unpaired) electrons. The van der Waals surface area contributed by atoms with E-state index in [1.54, 1.807) is 0 Å². The number of phenols is 1. The molecule has 3 heterocycles. The monoisotopic (exact) mass is 1090 g/mol. The number of phenolic OH excluding ortho intramolecular Hbond substituents is 1. The van der Waals surface area contributed by atoms with Crippen LogP contribution in [0, 0.1) is 11.8 Å². The van der Waals surface area contributed by atoms with Crippen molar-refractivity contribution in [1.82, 2.24) is 41.7 Å². The van der Waals surface area contributed by atoms with Crippen LogP contribution in [0.5, 0.6) is 5.75 Å². The molecule has 4 rings (SSSR count). The number of fused-ring (bicyclic) bond motifs is 2. The van der Waals surface area contributed by atoms with E-state index in [4.69, 9.17) is 11.5 Å². The summed E-state index contributed by atoms with van der Waals surface area (Å²) in [5, 5.41) is 104. The van der Waals surface area contributed by atoms with Gasteiger partial charge in [-0.3, -0.25) is 38.9 Å². The van der Waals surface area contributed by atoms with Crippen LogP contribution < -0.4 is 43.4 Å². The molecular formula is C52H88N10O15. The van der Waals surface area contributed by atoms with Crippen LogP contribution in [0.1, 0.15) is 129 Å². The van der Waals surface area contributed by atoms with Crippen molar-refractivity contribution in [3.8, 4) is 5.75 Å². The molecule has 3 saturated heterocycles. The van der Waals surface area contributed by atoms with E-state index in [9.17, 15) is 74.4 Å². The molecule has 0 saturated carbocycles. The van der Waals surface area contributed by atoms with Crippen molar-refractivity contribution < 1.29 is 74.4 Å². The Balaban J connectivity index is 1.73. The number of benzene rings is 1. The third-order valence-corrected chi connectivity index (χ3v) is 14.9. The molecule has 3 aliphatic rings. The van der Waals surface area contributed by atoms with Crippen LogP contribution in [0.4, 0.5) is 0 Å². The lowest BCUT2D eigenvalue weighted by Crippen LogP contribution is -2.65. The number of aliphatic hydroxyl groups excluding tert-OH is 7. The molecule has 436 valence electrons. The normalized spacial score (nSPS) is 28.6. The Labute approximate surface area is 450 Å². The van der Waals surface area contributed by atoms with E-state index in [0.29, 0.717) is 24.7 Å². The molecule has 4 unspecified atom stereocenters. The lowest BCUT2D eigenvalue weighted by molar-refractivity contribution is -0.148. The number of amides is 7. The van der Waals surface area contributed by atoms with Crippen LogP contribution in [0.3, 0.4) is 0 Å². The highest BCUT2D eigenvalue weighted by Gasteiger charge is 2.49. The zero-order chi connectivity index (χ0) is 57.1. The number of rotatable bonds is 23. The summed E-state index contributed by atoms with van der Waals surface area (Å²) < 4.78 is 0. The van der Waals surface area contributed by atoms with Crippen LogP contribution >= 0.6 is 0 Å². The van der Waals surface area contributed by atoms with Crippen molar-refractivity contribution in [2.45, 2.75) is 203 Å². The second-order valence-electron chi connectivity index (χ2n) is 21.3. The Morgan fingerprint density at radius 2 is 1.34 bits per heavy atom. The first kappa shape index (κ1) is 64.4. The SMILES string of the molecule is CCC(C)CC(C)CCCCCCCCC(=O)N[C@H]1C[C@@H](O)[C@@H](NCCN)NC(=O)[C@@H]2[C@@H](O)CCN2C(=O)[C@H]([C@H](O)CCN)NC(=O)C([C@H](O)[C@@H](O)c2ccc(O)cc2)NC(=O)[C@@H]2C[C@@H](O)CN2C(=O)C([C@@H](C)O)NC1=O. The molecular weight excluding hydrogens is 1000 g/mol. The predicted molar refractivity (Wildman–Crippen MR) is 280 cm³/mol. The topological polar surface area (TPSA) is 412 Å². The average Bonchev–Trinajstić information content (AvgIpc) is 3.99. The molecule has 0 aromatic heterocycles. The minimum Gasteiger partial charge on any atom is -0.508 e. The maximum atomic E-state index is 14.6. The number of carbonyl (C=O) groups excluding carboxylic acids is 7. The summed E-state index contributed by atoms with van der Waals surface area (Å²) in [4.78, 5) is 102. The first-order valence-corrected chi connectivity index (χ1v) is 27.3. The summed E-state index contributed by atoms with van der Waals surface area (Å²) in [7, 11) is 0. The van der Waals surface area contributed by atoms with E-state index < -0.39 is 146 Å². The zero-order valence-corrected chi connectivity index (χ0v) is 45.0. The number of hydrogen-bond acceptors (Lipinski definition) is 18. The van der Waals surface area contributed by atoms with Crippen molar-refractivity contribution >= 4 is 41.4 Å². The molecule has 0 aliphatic carbocycles. The number of hydrogen-bond donors (Lipinski definition) is 16. The summed E-state index contributed by atoms with van der Waals surface area (Å²) in [6.07, 6.45) is -6.95. The number of nitrogens with one attached hydrogen (secondary N) is 6.